The smallest absolute Gasteiger partial charge is 0.315 e. The van der Waals surface area contributed by atoms with E-state index in [0.29, 0.717) is 12.0 Å². The van der Waals surface area contributed by atoms with Crippen LogP contribution in [0.1, 0.15) is 37.3 Å². The maximum Gasteiger partial charge on any atom is 0.315 e. The third-order valence-electron chi connectivity index (χ3n) is 4.74. The van der Waals surface area contributed by atoms with Crippen LogP contribution in [0.25, 0.3) is 0 Å². The fourth-order valence-corrected chi connectivity index (χ4v) is 2.90. The molecule has 0 heterocycles. The van der Waals surface area contributed by atoms with Crippen LogP contribution in [0.5, 0.6) is 5.75 Å². The van der Waals surface area contributed by atoms with Crippen LogP contribution in [-0.4, -0.2) is 30.6 Å². The molecule has 5 heteroatoms. The summed E-state index contributed by atoms with van der Waals surface area (Å²) in [5.74, 6) is -0.760. The summed E-state index contributed by atoms with van der Waals surface area (Å²) in [4.78, 5) is 24.5. The Hall–Kier alpha value is -2.82. The van der Waals surface area contributed by atoms with Gasteiger partial charge in [-0.2, -0.15) is 0 Å². The Balaban J connectivity index is 2.14. The second-order valence-corrected chi connectivity index (χ2v) is 6.46. The van der Waals surface area contributed by atoms with Gasteiger partial charge in [0.05, 0.1) is 13.0 Å². The predicted molar refractivity (Wildman–Crippen MR) is 100 cm³/mol. The van der Waals surface area contributed by atoms with Crippen LogP contribution < -0.4 is 10.1 Å². The zero-order valence-corrected chi connectivity index (χ0v) is 15.4. The highest BCUT2D eigenvalue weighted by Crippen LogP contribution is 2.25. The van der Waals surface area contributed by atoms with Crippen molar-refractivity contribution in [2.24, 2.45) is 0 Å². The highest BCUT2D eigenvalue weighted by molar-refractivity contribution is 5.86. The molecular formula is C21H25NO4. The molecule has 2 rings (SSSR count). The standard InChI is InChI=1S/C21H25NO4/c1-4-18(15-10-12-17(26-3)13-11-15)19(23)22-14-21(2,20(24)25)16-8-6-5-7-9-16/h5-13,18H,4,14H2,1-3H3,(H,22,23)(H,24,25). The lowest BCUT2D eigenvalue weighted by Crippen LogP contribution is -2.45. The van der Waals surface area contributed by atoms with E-state index in [4.69, 9.17) is 4.74 Å². The van der Waals surface area contributed by atoms with Gasteiger partial charge in [0.2, 0.25) is 5.91 Å². The van der Waals surface area contributed by atoms with Gasteiger partial charge in [-0.05, 0) is 36.6 Å². The van der Waals surface area contributed by atoms with Crippen molar-refractivity contribution in [3.05, 3.63) is 65.7 Å². The number of carbonyl (C=O) groups excluding carboxylic acids is 1. The van der Waals surface area contributed by atoms with Crippen molar-refractivity contribution < 1.29 is 19.4 Å². The molecule has 1 amide bonds. The van der Waals surface area contributed by atoms with Crippen molar-refractivity contribution in [1.82, 2.24) is 5.32 Å². The van der Waals surface area contributed by atoms with Crippen molar-refractivity contribution in [2.75, 3.05) is 13.7 Å². The van der Waals surface area contributed by atoms with Crippen molar-refractivity contribution in [1.29, 1.82) is 0 Å². The lowest BCUT2D eigenvalue weighted by Gasteiger charge is -2.27. The maximum atomic E-state index is 12.7. The Bertz CT molecular complexity index is 742. The molecule has 0 aromatic heterocycles. The van der Waals surface area contributed by atoms with Gasteiger partial charge in [-0.1, -0.05) is 49.4 Å². The van der Waals surface area contributed by atoms with E-state index < -0.39 is 11.4 Å². The normalized spacial score (nSPS) is 14.1. The molecule has 0 aliphatic heterocycles. The molecule has 2 aromatic rings. The van der Waals surface area contributed by atoms with Crippen LogP contribution in [-0.2, 0) is 15.0 Å². The molecule has 0 saturated carbocycles. The Kier molecular flexibility index (Phi) is 6.39. The molecule has 2 unspecified atom stereocenters. The summed E-state index contributed by atoms with van der Waals surface area (Å²) in [6, 6.07) is 16.3. The molecule has 2 atom stereocenters. The van der Waals surface area contributed by atoms with Crippen LogP contribution in [0.2, 0.25) is 0 Å². The molecule has 0 saturated heterocycles. The Labute approximate surface area is 154 Å². The number of amides is 1. The summed E-state index contributed by atoms with van der Waals surface area (Å²) in [6.45, 7) is 3.58. The number of carboxylic acids is 1. The number of ether oxygens (including phenoxy) is 1. The second-order valence-electron chi connectivity index (χ2n) is 6.46. The second kappa shape index (κ2) is 8.52. The number of nitrogens with one attached hydrogen (secondary N) is 1. The van der Waals surface area contributed by atoms with Gasteiger partial charge in [0.1, 0.15) is 11.2 Å². The first-order valence-corrected chi connectivity index (χ1v) is 8.63. The summed E-state index contributed by atoms with van der Waals surface area (Å²) < 4.78 is 5.14. The summed E-state index contributed by atoms with van der Waals surface area (Å²) in [5, 5.41) is 12.5. The van der Waals surface area contributed by atoms with E-state index in [9.17, 15) is 14.7 Å². The first-order chi connectivity index (χ1) is 12.4. The number of methoxy groups -OCH3 is 1. The first-order valence-electron chi connectivity index (χ1n) is 8.63. The molecule has 0 radical (unpaired) electrons. The Morgan fingerprint density at radius 1 is 1.12 bits per heavy atom. The number of hydrogen-bond donors (Lipinski definition) is 2. The summed E-state index contributed by atoms with van der Waals surface area (Å²) in [6.07, 6.45) is 0.618. The predicted octanol–water partition coefficient (Wildman–Crippen LogP) is 3.35. The molecule has 138 valence electrons. The topological polar surface area (TPSA) is 75.6 Å². The lowest BCUT2D eigenvalue weighted by molar-refractivity contribution is -0.143. The quantitative estimate of drug-likeness (QED) is 0.761. The minimum Gasteiger partial charge on any atom is -0.497 e. The third-order valence-corrected chi connectivity index (χ3v) is 4.74. The average Bonchev–Trinajstić information content (AvgIpc) is 2.67. The maximum absolute atomic E-state index is 12.7. The average molecular weight is 355 g/mol. The minimum atomic E-state index is -1.19. The number of rotatable bonds is 8. The summed E-state index contributed by atoms with van der Waals surface area (Å²) >= 11 is 0. The minimum absolute atomic E-state index is 0.0256. The van der Waals surface area contributed by atoms with E-state index in [2.05, 4.69) is 5.32 Å². The zero-order chi connectivity index (χ0) is 19.2. The fraction of sp³-hybridized carbons (Fsp3) is 0.333. The molecule has 0 bridgehead atoms. The van der Waals surface area contributed by atoms with Crippen LogP contribution in [0.15, 0.2) is 54.6 Å². The highest BCUT2D eigenvalue weighted by Gasteiger charge is 2.36. The Morgan fingerprint density at radius 2 is 1.73 bits per heavy atom. The molecule has 0 spiro atoms. The van der Waals surface area contributed by atoms with Crippen LogP contribution in [0, 0.1) is 0 Å². The number of carboxylic acid groups (broad SMARTS) is 1. The molecule has 0 aliphatic carbocycles. The highest BCUT2D eigenvalue weighted by atomic mass is 16.5. The van der Waals surface area contributed by atoms with Crippen molar-refractivity contribution in [2.45, 2.75) is 31.6 Å². The molecule has 26 heavy (non-hydrogen) atoms. The van der Waals surface area contributed by atoms with E-state index in [-0.39, 0.29) is 18.4 Å². The van der Waals surface area contributed by atoms with E-state index in [0.717, 1.165) is 11.3 Å². The van der Waals surface area contributed by atoms with Gasteiger partial charge in [-0.3, -0.25) is 9.59 Å². The zero-order valence-electron chi connectivity index (χ0n) is 15.4. The number of hydrogen-bond acceptors (Lipinski definition) is 3. The summed E-state index contributed by atoms with van der Waals surface area (Å²) in [7, 11) is 1.59. The fourth-order valence-electron chi connectivity index (χ4n) is 2.90. The van der Waals surface area contributed by atoms with Gasteiger partial charge in [0.25, 0.3) is 0 Å². The van der Waals surface area contributed by atoms with Gasteiger partial charge < -0.3 is 15.2 Å². The largest absolute Gasteiger partial charge is 0.497 e. The number of benzene rings is 2. The van der Waals surface area contributed by atoms with Crippen LogP contribution >= 0.6 is 0 Å². The van der Waals surface area contributed by atoms with E-state index in [1.54, 1.807) is 38.3 Å². The van der Waals surface area contributed by atoms with E-state index >= 15 is 0 Å². The monoisotopic (exact) mass is 355 g/mol. The molecule has 0 aliphatic rings. The van der Waals surface area contributed by atoms with Gasteiger partial charge in [-0.25, -0.2) is 0 Å². The molecule has 0 fully saturated rings. The van der Waals surface area contributed by atoms with Crippen LogP contribution in [0.3, 0.4) is 0 Å². The van der Waals surface area contributed by atoms with Crippen molar-refractivity contribution >= 4 is 11.9 Å². The number of carbonyl (C=O) groups is 2. The van der Waals surface area contributed by atoms with Crippen molar-refractivity contribution in [3.8, 4) is 5.75 Å². The van der Waals surface area contributed by atoms with E-state index in [1.165, 1.54) is 0 Å². The summed E-state index contributed by atoms with van der Waals surface area (Å²) in [5.41, 5.74) is 0.350. The van der Waals surface area contributed by atoms with Gasteiger partial charge in [0.15, 0.2) is 0 Å². The number of aliphatic carboxylic acids is 1. The Morgan fingerprint density at radius 3 is 2.23 bits per heavy atom. The SMILES string of the molecule is CCC(C(=O)NCC(C)(C(=O)O)c1ccccc1)c1ccc(OC)cc1. The molecule has 5 nitrogen and oxygen atoms in total. The lowest BCUT2D eigenvalue weighted by atomic mass is 9.82. The molecular weight excluding hydrogens is 330 g/mol. The van der Waals surface area contributed by atoms with E-state index in [1.807, 2.05) is 37.3 Å². The third kappa shape index (κ3) is 4.23. The molecule has 2 aromatic carbocycles. The van der Waals surface area contributed by atoms with Gasteiger partial charge in [0, 0.05) is 6.54 Å². The van der Waals surface area contributed by atoms with Crippen LogP contribution in [0.4, 0.5) is 0 Å². The van der Waals surface area contributed by atoms with Crippen molar-refractivity contribution in [3.63, 3.8) is 0 Å². The molecule has 2 N–H and O–H groups in total. The van der Waals surface area contributed by atoms with Gasteiger partial charge in [-0.15, -0.1) is 0 Å². The first kappa shape index (κ1) is 19.5. The van der Waals surface area contributed by atoms with Gasteiger partial charge >= 0.3 is 5.97 Å².